The molecule has 0 saturated carbocycles. The van der Waals surface area contributed by atoms with Crippen molar-refractivity contribution in [1.29, 1.82) is 0 Å². The fraction of sp³-hybridized carbons (Fsp3) is 0.538. The molecule has 1 aromatic rings. The maximum absolute atomic E-state index is 11.6. The van der Waals surface area contributed by atoms with E-state index in [1.165, 1.54) is 0 Å². The van der Waals surface area contributed by atoms with E-state index in [4.69, 9.17) is 4.42 Å². The molecule has 6 nitrogen and oxygen atoms in total. The largest absolute Gasteiger partial charge is 0.464 e. The number of furan rings is 1. The molecule has 0 aromatic carbocycles. The van der Waals surface area contributed by atoms with Crippen LogP contribution < -0.4 is 10.6 Å². The van der Waals surface area contributed by atoms with Crippen molar-refractivity contribution in [3.05, 3.63) is 23.7 Å². The minimum Gasteiger partial charge on any atom is -0.464 e. The van der Waals surface area contributed by atoms with Gasteiger partial charge >= 0.3 is 6.09 Å². The van der Waals surface area contributed by atoms with Crippen molar-refractivity contribution in [2.24, 2.45) is 0 Å². The summed E-state index contributed by atoms with van der Waals surface area (Å²) < 4.78 is 10.1. The van der Waals surface area contributed by atoms with Crippen LogP contribution in [0.1, 0.15) is 37.8 Å². The first-order valence-electron chi connectivity index (χ1n) is 6.29. The van der Waals surface area contributed by atoms with Crippen LogP contribution in [0.5, 0.6) is 0 Å². The Morgan fingerprint density at radius 1 is 1.42 bits per heavy atom. The normalized spacial score (nSPS) is 11.7. The highest BCUT2D eigenvalue weighted by atomic mass is 16.5. The van der Waals surface area contributed by atoms with Gasteiger partial charge in [-0.1, -0.05) is 0 Å². The minimum atomic E-state index is -0.509. The molecular weight excluding hydrogens is 248 g/mol. The Balaban J connectivity index is 2.25. The summed E-state index contributed by atoms with van der Waals surface area (Å²) in [6.45, 7) is 5.97. The molecule has 19 heavy (non-hydrogen) atoms. The average Bonchev–Trinajstić information content (AvgIpc) is 2.76. The summed E-state index contributed by atoms with van der Waals surface area (Å²) >= 11 is 0. The quantitative estimate of drug-likeness (QED) is 0.825. The summed E-state index contributed by atoms with van der Waals surface area (Å²) in [6.07, 6.45) is -0.312. The molecule has 0 saturated heterocycles. The Hall–Kier alpha value is -1.98. The number of hydrogen-bond donors (Lipinski definition) is 2. The zero-order valence-corrected chi connectivity index (χ0v) is 11.5. The van der Waals surface area contributed by atoms with Gasteiger partial charge in [0.05, 0.1) is 12.6 Å². The molecule has 6 heteroatoms. The lowest BCUT2D eigenvalue weighted by molar-refractivity contribution is -0.121. The molecule has 1 heterocycles. The van der Waals surface area contributed by atoms with E-state index in [1.54, 1.807) is 6.92 Å². The topological polar surface area (TPSA) is 80.6 Å². The van der Waals surface area contributed by atoms with Gasteiger partial charge in [0.2, 0.25) is 5.91 Å². The Morgan fingerprint density at radius 2 is 2.16 bits per heavy atom. The maximum Gasteiger partial charge on any atom is 0.407 e. The van der Waals surface area contributed by atoms with E-state index in [9.17, 15) is 9.59 Å². The van der Waals surface area contributed by atoms with Crippen molar-refractivity contribution < 1.29 is 18.7 Å². The molecule has 0 unspecified atom stereocenters. The molecule has 0 bridgehead atoms. The monoisotopic (exact) mass is 268 g/mol. The van der Waals surface area contributed by atoms with E-state index in [1.807, 2.05) is 26.0 Å². The van der Waals surface area contributed by atoms with Gasteiger partial charge in [-0.15, -0.1) is 0 Å². The van der Waals surface area contributed by atoms with E-state index < -0.39 is 6.09 Å². The molecule has 2 amide bonds. The first kappa shape index (κ1) is 15.1. The molecule has 0 radical (unpaired) electrons. The van der Waals surface area contributed by atoms with Crippen LogP contribution in [0, 0.1) is 6.92 Å². The smallest absolute Gasteiger partial charge is 0.407 e. The molecule has 1 atom stereocenters. The highest BCUT2D eigenvalue weighted by molar-refractivity contribution is 5.77. The third-order valence-corrected chi connectivity index (χ3v) is 2.46. The van der Waals surface area contributed by atoms with Gasteiger partial charge in [-0.05, 0) is 32.9 Å². The standard InChI is InChI=1S/C13H20N2O4/c1-4-18-13(17)14-8-7-12(16)15-10(3)11-6-5-9(2)19-11/h5-6,10H,4,7-8H2,1-3H3,(H,14,17)(H,15,16)/t10-/m1/s1. The molecule has 1 aromatic heterocycles. The molecule has 2 N–H and O–H groups in total. The zero-order chi connectivity index (χ0) is 14.3. The molecule has 0 spiro atoms. The second kappa shape index (κ2) is 7.45. The summed E-state index contributed by atoms with van der Waals surface area (Å²) in [5.74, 6) is 1.36. The lowest BCUT2D eigenvalue weighted by Crippen LogP contribution is -2.32. The Morgan fingerprint density at radius 3 is 2.74 bits per heavy atom. The second-order valence-electron chi connectivity index (χ2n) is 4.13. The first-order chi connectivity index (χ1) is 9.02. The minimum absolute atomic E-state index is 0.154. The Labute approximate surface area is 112 Å². The van der Waals surface area contributed by atoms with Crippen molar-refractivity contribution in [3.63, 3.8) is 0 Å². The number of rotatable bonds is 6. The van der Waals surface area contributed by atoms with E-state index in [2.05, 4.69) is 15.4 Å². The number of alkyl carbamates (subject to hydrolysis) is 1. The van der Waals surface area contributed by atoms with Crippen LogP contribution in [0.4, 0.5) is 4.79 Å². The summed E-state index contributed by atoms with van der Waals surface area (Å²) in [4.78, 5) is 22.6. The average molecular weight is 268 g/mol. The van der Waals surface area contributed by atoms with Crippen LogP contribution >= 0.6 is 0 Å². The van der Waals surface area contributed by atoms with Gasteiger partial charge in [0.15, 0.2) is 0 Å². The zero-order valence-electron chi connectivity index (χ0n) is 11.5. The van der Waals surface area contributed by atoms with Crippen molar-refractivity contribution in [1.82, 2.24) is 10.6 Å². The Kier molecular flexibility index (Phi) is 5.92. The SMILES string of the molecule is CCOC(=O)NCCC(=O)N[C@H](C)c1ccc(C)o1. The van der Waals surface area contributed by atoms with Gasteiger partial charge < -0.3 is 19.8 Å². The van der Waals surface area contributed by atoms with Crippen molar-refractivity contribution in [2.45, 2.75) is 33.2 Å². The number of aryl methyl sites for hydroxylation is 1. The molecule has 1 rings (SSSR count). The number of hydrogen-bond acceptors (Lipinski definition) is 4. The highest BCUT2D eigenvalue weighted by Crippen LogP contribution is 2.15. The van der Waals surface area contributed by atoms with Crippen LogP contribution in [0.3, 0.4) is 0 Å². The van der Waals surface area contributed by atoms with E-state index in [0.29, 0.717) is 12.4 Å². The number of carbonyl (C=O) groups is 2. The number of carbonyl (C=O) groups excluding carboxylic acids is 2. The lowest BCUT2D eigenvalue weighted by Gasteiger charge is -2.11. The maximum atomic E-state index is 11.6. The summed E-state index contributed by atoms with van der Waals surface area (Å²) in [7, 11) is 0. The van der Waals surface area contributed by atoms with Gasteiger partial charge in [-0.25, -0.2) is 4.79 Å². The first-order valence-corrected chi connectivity index (χ1v) is 6.29. The highest BCUT2D eigenvalue weighted by Gasteiger charge is 2.12. The van der Waals surface area contributed by atoms with Crippen LogP contribution in [-0.2, 0) is 9.53 Å². The van der Waals surface area contributed by atoms with Gasteiger partial charge in [0.25, 0.3) is 0 Å². The predicted octanol–water partition coefficient (Wildman–Crippen LogP) is 1.90. The van der Waals surface area contributed by atoms with Gasteiger partial charge in [-0.3, -0.25) is 4.79 Å². The van der Waals surface area contributed by atoms with Crippen LogP contribution in [0.2, 0.25) is 0 Å². The van der Waals surface area contributed by atoms with Crippen LogP contribution in [-0.4, -0.2) is 25.2 Å². The van der Waals surface area contributed by atoms with Crippen molar-refractivity contribution in [3.8, 4) is 0 Å². The fourth-order valence-corrected chi connectivity index (χ4v) is 1.53. The number of ether oxygens (including phenoxy) is 1. The van der Waals surface area contributed by atoms with E-state index >= 15 is 0 Å². The molecule has 0 fully saturated rings. The van der Waals surface area contributed by atoms with E-state index in [-0.39, 0.29) is 24.9 Å². The summed E-state index contributed by atoms with van der Waals surface area (Å²) in [5.41, 5.74) is 0. The molecular formula is C13H20N2O4. The van der Waals surface area contributed by atoms with Gasteiger partial charge in [-0.2, -0.15) is 0 Å². The van der Waals surface area contributed by atoms with Crippen LogP contribution in [0.15, 0.2) is 16.5 Å². The van der Waals surface area contributed by atoms with Crippen molar-refractivity contribution in [2.75, 3.05) is 13.2 Å². The number of amides is 2. The van der Waals surface area contributed by atoms with Gasteiger partial charge in [0, 0.05) is 13.0 Å². The molecule has 106 valence electrons. The van der Waals surface area contributed by atoms with Crippen molar-refractivity contribution >= 4 is 12.0 Å². The lowest BCUT2D eigenvalue weighted by atomic mass is 10.2. The van der Waals surface area contributed by atoms with Gasteiger partial charge in [0.1, 0.15) is 11.5 Å². The molecule has 0 aliphatic heterocycles. The van der Waals surface area contributed by atoms with E-state index in [0.717, 1.165) is 5.76 Å². The predicted molar refractivity (Wildman–Crippen MR) is 69.6 cm³/mol. The second-order valence-corrected chi connectivity index (χ2v) is 4.13. The third kappa shape index (κ3) is 5.46. The summed E-state index contributed by atoms with van der Waals surface area (Å²) in [6, 6.07) is 3.49. The van der Waals surface area contributed by atoms with Crippen LogP contribution in [0.25, 0.3) is 0 Å². The molecule has 0 aliphatic carbocycles. The summed E-state index contributed by atoms with van der Waals surface area (Å²) in [5, 5.41) is 5.28. The molecule has 0 aliphatic rings. The number of nitrogens with one attached hydrogen (secondary N) is 2. The third-order valence-electron chi connectivity index (χ3n) is 2.46. The Bertz CT molecular complexity index is 428. The fourth-order valence-electron chi connectivity index (χ4n) is 1.53.